The molecule has 0 aliphatic carbocycles. The van der Waals surface area contributed by atoms with E-state index >= 15 is 0 Å². The first-order valence-corrected chi connectivity index (χ1v) is 5.84. The van der Waals surface area contributed by atoms with Gasteiger partial charge in [0, 0.05) is 18.9 Å². The van der Waals surface area contributed by atoms with Crippen molar-refractivity contribution in [3.63, 3.8) is 0 Å². The minimum absolute atomic E-state index is 0.207. The van der Waals surface area contributed by atoms with Crippen molar-refractivity contribution < 1.29 is 4.79 Å². The number of hydrogen-bond acceptors (Lipinski definition) is 2. The molecule has 0 saturated carbocycles. The van der Waals surface area contributed by atoms with Gasteiger partial charge in [0.05, 0.1) is 0 Å². The van der Waals surface area contributed by atoms with E-state index in [0.717, 1.165) is 18.9 Å². The summed E-state index contributed by atoms with van der Waals surface area (Å²) in [4.78, 5) is 13.9. The van der Waals surface area contributed by atoms with Crippen LogP contribution >= 0.6 is 0 Å². The van der Waals surface area contributed by atoms with Gasteiger partial charge in [0.2, 0.25) is 0 Å². The summed E-state index contributed by atoms with van der Waals surface area (Å²) < 4.78 is 0. The Morgan fingerprint density at radius 2 is 1.93 bits per heavy atom. The van der Waals surface area contributed by atoms with Crippen molar-refractivity contribution in [3.8, 4) is 0 Å². The van der Waals surface area contributed by atoms with Gasteiger partial charge in [0.25, 0.3) is 0 Å². The van der Waals surface area contributed by atoms with Gasteiger partial charge in [-0.1, -0.05) is 20.8 Å². The Morgan fingerprint density at radius 1 is 1.36 bits per heavy atom. The Bertz CT molecular complexity index is 181. The Hall–Kier alpha value is -0.370. The second-order valence-corrected chi connectivity index (χ2v) is 4.90. The van der Waals surface area contributed by atoms with Crippen LogP contribution < -0.4 is 0 Å². The van der Waals surface area contributed by atoms with E-state index in [1.165, 1.54) is 25.9 Å². The summed E-state index contributed by atoms with van der Waals surface area (Å²) in [6.07, 6.45) is 3.35. The van der Waals surface area contributed by atoms with Crippen molar-refractivity contribution in [2.45, 2.75) is 40.0 Å². The van der Waals surface area contributed by atoms with Gasteiger partial charge in [-0.2, -0.15) is 0 Å². The summed E-state index contributed by atoms with van der Waals surface area (Å²) in [6.45, 7) is 9.64. The lowest BCUT2D eigenvalue weighted by Gasteiger charge is -2.30. The third-order valence-electron chi connectivity index (χ3n) is 3.19. The Morgan fingerprint density at radius 3 is 2.43 bits per heavy atom. The van der Waals surface area contributed by atoms with Gasteiger partial charge in [0.1, 0.15) is 5.78 Å². The van der Waals surface area contributed by atoms with Gasteiger partial charge in [-0.3, -0.25) is 4.79 Å². The van der Waals surface area contributed by atoms with Gasteiger partial charge in [-0.15, -0.1) is 0 Å². The lowest BCUT2D eigenvalue weighted by atomic mass is 9.98. The molecule has 1 aliphatic rings. The zero-order chi connectivity index (χ0) is 10.6. The van der Waals surface area contributed by atoms with Crippen LogP contribution in [0.1, 0.15) is 40.0 Å². The fourth-order valence-corrected chi connectivity index (χ4v) is 1.84. The highest BCUT2D eigenvalue weighted by molar-refractivity contribution is 5.80. The lowest BCUT2D eigenvalue weighted by molar-refractivity contribution is -0.122. The van der Waals surface area contributed by atoms with Crippen molar-refractivity contribution >= 4 is 5.78 Å². The normalized spacial score (nSPS) is 20.3. The van der Waals surface area contributed by atoms with E-state index in [0.29, 0.717) is 5.78 Å². The molecule has 0 atom stereocenters. The maximum Gasteiger partial charge on any atom is 0.136 e. The molecule has 0 amide bonds. The maximum atomic E-state index is 11.4. The van der Waals surface area contributed by atoms with Crippen LogP contribution in [0.5, 0.6) is 0 Å². The molecular formula is C12H23NO. The van der Waals surface area contributed by atoms with Crippen LogP contribution in [0.15, 0.2) is 0 Å². The van der Waals surface area contributed by atoms with E-state index in [-0.39, 0.29) is 5.92 Å². The van der Waals surface area contributed by atoms with E-state index in [2.05, 4.69) is 11.8 Å². The van der Waals surface area contributed by atoms with E-state index in [9.17, 15) is 4.79 Å². The van der Waals surface area contributed by atoms with E-state index in [1.54, 1.807) is 0 Å². The van der Waals surface area contributed by atoms with Gasteiger partial charge < -0.3 is 4.90 Å². The van der Waals surface area contributed by atoms with Crippen molar-refractivity contribution in [2.24, 2.45) is 11.8 Å². The van der Waals surface area contributed by atoms with Crippen molar-refractivity contribution in [1.29, 1.82) is 0 Å². The molecule has 0 aromatic carbocycles. The van der Waals surface area contributed by atoms with Crippen LogP contribution in [0.25, 0.3) is 0 Å². The summed E-state index contributed by atoms with van der Waals surface area (Å²) in [5.74, 6) is 1.49. The average molecular weight is 197 g/mol. The molecule has 1 fully saturated rings. The van der Waals surface area contributed by atoms with Crippen molar-refractivity contribution in [2.75, 3.05) is 19.6 Å². The molecule has 0 bridgehead atoms. The van der Waals surface area contributed by atoms with Crippen LogP contribution in [0.4, 0.5) is 0 Å². The quantitative estimate of drug-likeness (QED) is 0.689. The second kappa shape index (κ2) is 5.50. The molecule has 0 N–H and O–H groups in total. The topological polar surface area (TPSA) is 20.3 Å². The van der Waals surface area contributed by atoms with Crippen LogP contribution in [0.3, 0.4) is 0 Å². The number of likely N-dealkylation sites (tertiary alicyclic amines) is 1. The van der Waals surface area contributed by atoms with E-state index in [1.807, 2.05) is 13.8 Å². The van der Waals surface area contributed by atoms with Crippen LogP contribution in [0.2, 0.25) is 0 Å². The summed E-state index contributed by atoms with van der Waals surface area (Å²) >= 11 is 0. The Balaban J connectivity index is 2.16. The average Bonchev–Trinajstić information content (AvgIpc) is 2.16. The SMILES string of the molecule is CC1CCN(CCC(=O)C(C)C)CC1. The zero-order valence-corrected chi connectivity index (χ0v) is 9.75. The molecule has 1 rings (SSSR count). The molecule has 0 radical (unpaired) electrons. The predicted molar refractivity (Wildman–Crippen MR) is 59.3 cm³/mol. The zero-order valence-electron chi connectivity index (χ0n) is 9.75. The molecule has 14 heavy (non-hydrogen) atoms. The predicted octanol–water partition coefficient (Wildman–Crippen LogP) is 2.33. The highest BCUT2D eigenvalue weighted by Crippen LogP contribution is 2.16. The number of hydrogen-bond donors (Lipinski definition) is 0. The molecular weight excluding hydrogens is 174 g/mol. The van der Waals surface area contributed by atoms with Gasteiger partial charge in [-0.05, 0) is 31.8 Å². The molecule has 2 heteroatoms. The second-order valence-electron chi connectivity index (χ2n) is 4.90. The number of carbonyl (C=O) groups is 1. The first-order chi connectivity index (χ1) is 6.59. The molecule has 1 aliphatic heterocycles. The van der Waals surface area contributed by atoms with Gasteiger partial charge in [0.15, 0.2) is 0 Å². The molecule has 0 aromatic rings. The fourth-order valence-electron chi connectivity index (χ4n) is 1.84. The van der Waals surface area contributed by atoms with E-state index < -0.39 is 0 Å². The Labute approximate surface area is 87.7 Å². The highest BCUT2D eigenvalue weighted by atomic mass is 16.1. The van der Waals surface area contributed by atoms with Crippen LogP contribution in [0, 0.1) is 11.8 Å². The minimum atomic E-state index is 0.207. The lowest BCUT2D eigenvalue weighted by Crippen LogP contribution is -2.34. The van der Waals surface area contributed by atoms with Gasteiger partial charge in [-0.25, -0.2) is 0 Å². The summed E-state index contributed by atoms with van der Waals surface area (Å²) in [5.41, 5.74) is 0. The number of ketones is 1. The molecule has 1 saturated heterocycles. The van der Waals surface area contributed by atoms with Crippen molar-refractivity contribution in [1.82, 2.24) is 4.90 Å². The maximum absolute atomic E-state index is 11.4. The monoisotopic (exact) mass is 197 g/mol. The first kappa shape index (κ1) is 11.7. The molecule has 1 heterocycles. The number of Topliss-reactive ketones (excluding diaryl/α,β-unsaturated/α-hetero) is 1. The number of rotatable bonds is 4. The minimum Gasteiger partial charge on any atom is -0.303 e. The largest absolute Gasteiger partial charge is 0.303 e. The first-order valence-electron chi connectivity index (χ1n) is 5.84. The Kier molecular flexibility index (Phi) is 4.59. The number of nitrogens with zero attached hydrogens (tertiary/aromatic N) is 1. The number of piperidine rings is 1. The van der Waals surface area contributed by atoms with Crippen molar-refractivity contribution in [3.05, 3.63) is 0 Å². The van der Waals surface area contributed by atoms with Gasteiger partial charge >= 0.3 is 0 Å². The standard InChI is InChI=1S/C12H23NO/c1-10(2)12(14)6-9-13-7-4-11(3)5-8-13/h10-11H,4-9H2,1-3H3. The summed E-state index contributed by atoms with van der Waals surface area (Å²) in [5, 5.41) is 0. The number of carbonyl (C=O) groups excluding carboxylic acids is 1. The third-order valence-corrected chi connectivity index (χ3v) is 3.19. The van der Waals surface area contributed by atoms with Crippen LogP contribution in [-0.2, 0) is 4.79 Å². The van der Waals surface area contributed by atoms with E-state index in [4.69, 9.17) is 0 Å². The fraction of sp³-hybridized carbons (Fsp3) is 0.917. The summed E-state index contributed by atoms with van der Waals surface area (Å²) in [6, 6.07) is 0. The molecule has 2 nitrogen and oxygen atoms in total. The van der Waals surface area contributed by atoms with Crippen LogP contribution in [-0.4, -0.2) is 30.3 Å². The third kappa shape index (κ3) is 3.79. The smallest absolute Gasteiger partial charge is 0.136 e. The molecule has 0 spiro atoms. The molecule has 82 valence electrons. The summed E-state index contributed by atoms with van der Waals surface area (Å²) in [7, 11) is 0. The molecule has 0 aromatic heterocycles. The highest BCUT2D eigenvalue weighted by Gasteiger charge is 2.16. The molecule has 0 unspecified atom stereocenters.